The Labute approximate surface area is 166 Å². The van der Waals surface area contributed by atoms with E-state index in [9.17, 15) is 8.42 Å². The van der Waals surface area contributed by atoms with Crippen LogP contribution in [0.15, 0.2) is 65.9 Å². The summed E-state index contributed by atoms with van der Waals surface area (Å²) in [5, 5.41) is 3.15. The first-order chi connectivity index (χ1) is 13.0. The van der Waals surface area contributed by atoms with Crippen molar-refractivity contribution in [3.63, 3.8) is 0 Å². The molecule has 0 spiro atoms. The number of nitrogens with one attached hydrogen (secondary N) is 1. The lowest BCUT2D eigenvalue weighted by Gasteiger charge is -2.22. The molecule has 3 aromatic rings. The van der Waals surface area contributed by atoms with Crippen LogP contribution in [0.1, 0.15) is 32.1 Å². The second kappa shape index (κ2) is 7.52. The topological polar surface area (TPSA) is 85.3 Å². The Balaban J connectivity index is 1.76. The van der Waals surface area contributed by atoms with Gasteiger partial charge in [0, 0.05) is 10.5 Å². The van der Waals surface area contributed by atoms with E-state index in [2.05, 4.69) is 26.2 Å². The molecule has 8 heteroatoms. The van der Waals surface area contributed by atoms with E-state index in [0.717, 1.165) is 30.2 Å². The Morgan fingerprint density at radius 1 is 1.07 bits per heavy atom. The molecule has 142 valence electrons. The Bertz CT molecular complexity index is 1000. The maximum atomic E-state index is 13.2. The number of benzene rings is 1. The molecule has 4 rings (SSSR count). The van der Waals surface area contributed by atoms with Gasteiger partial charge in [-0.1, -0.05) is 35.2 Å². The quantitative estimate of drug-likeness (QED) is 0.569. The lowest BCUT2D eigenvalue weighted by molar-refractivity contribution is 0.448. The van der Waals surface area contributed by atoms with E-state index in [1.54, 1.807) is 36.4 Å². The predicted molar refractivity (Wildman–Crippen MR) is 104 cm³/mol. The molecule has 1 aromatic carbocycles. The van der Waals surface area contributed by atoms with Gasteiger partial charge < -0.3 is 14.2 Å². The monoisotopic (exact) mass is 450 g/mol. The van der Waals surface area contributed by atoms with Crippen molar-refractivity contribution in [2.75, 3.05) is 5.32 Å². The van der Waals surface area contributed by atoms with Crippen LogP contribution in [0.5, 0.6) is 0 Å². The number of oxazole rings is 1. The van der Waals surface area contributed by atoms with Crippen LogP contribution in [-0.2, 0) is 9.84 Å². The van der Waals surface area contributed by atoms with Gasteiger partial charge in [-0.25, -0.2) is 8.42 Å². The summed E-state index contributed by atoms with van der Waals surface area (Å²) in [5.74, 6) is 0.712. The van der Waals surface area contributed by atoms with Gasteiger partial charge in [-0.2, -0.15) is 4.98 Å². The lowest BCUT2D eigenvalue weighted by atomic mass is 9.96. The average molecular weight is 451 g/mol. The Morgan fingerprint density at radius 3 is 2.48 bits per heavy atom. The highest BCUT2D eigenvalue weighted by Crippen LogP contribution is 2.34. The molecule has 0 amide bonds. The number of aromatic nitrogens is 1. The van der Waals surface area contributed by atoms with Gasteiger partial charge in [0.1, 0.15) is 0 Å². The minimum Gasteiger partial charge on any atom is -0.459 e. The number of hydrogen-bond acceptors (Lipinski definition) is 6. The van der Waals surface area contributed by atoms with Crippen molar-refractivity contribution in [3.05, 3.63) is 47.1 Å². The summed E-state index contributed by atoms with van der Waals surface area (Å²) in [6.07, 6.45) is 6.90. The van der Waals surface area contributed by atoms with Gasteiger partial charge in [0.05, 0.1) is 11.2 Å². The highest BCUT2D eigenvalue weighted by molar-refractivity contribution is 9.10. The van der Waals surface area contributed by atoms with E-state index < -0.39 is 9.84 Å². The fourth-order valence-electron chi connectivity index (χ4n) is 3.24. The van der Waals surface area contributed by atoms with Crippen LogP contribution in [0.3, 0.4) is 0 Å². The van der Waals surface area contributed by atoms with Gasteiger partial charge in [0.2, 0.25) is 20.7 Å². The summed E-state index contributed by atoms with van der Waals surface area (Å²) in [7, 11) is -3.84. The van der Waals surface area contributed by atoms with E-state index in [0.29, 0.717) is 5.76 Å². The highest BCUT2D eigenvalue weighted by Gasteiger charge is 2.30. The summed E-state index contributed by atoms with van der Waals surface area (Å²) in [6.45, 7) is 0. The minimum atomic E-state index is -3.84. The number of sulfone groups is 1. The molecule has 2 heterocycles. The third kappa shape index (κ3) is 3.82. The molecule has 27 heavy (non-hydrogen) atoms. The normalized spacial score (nSPS) is 15.7. The van der Waals surface area contributed by atoms with Crippen LogP contribution in [0.25, 0.3) is 11.7 Å². The lowest BCUT2D eigenvalue weighted by Crippen LogP contribution is -2.23. The van der Waals surface area contributed by atoms with Crippen molar-refractivity contribution >= 4 is 31.7 Å². The summed E-state index contributed by atoms with van der Waals surface area (Å²) < 4.78 is 38.3. The van der Waals surface area contributed by atoms with Gasteiger partial charge in [-0.15, -0.1) is 0 Å². The van der Waals surface area contributed by atoms with Crippen LogP contribution >= 0.6 is 15.9 Å². The van der Waals surface area contributed by atoms with E-state index in [1.807, 2.05) is 0 Å². The second-order valence-electron chi connectivity index (χ2n) is 6.57. The maximum absolute atomic E-state index is 13.2. The van der Waals surface area contributed by atoms with Crippen LogP contribution in [0.2, 0.25) is 0 Å². The molecule has 2 aromatic heterocycles. The first kappa shape index (κ1) is 18.3. The zero-order chi connectivity index (χ0) is 18.9. The van der Waals surface area contributed by atoms with Crippen molar-refractivity contribution in [2.45, 2.75) is 48.1 Å². The summed E-state index contributed by atoms with van der Waals surface area (Å²) >= 11 is 3.33. The molecular weight excluding hydrogens is 432 g/mol. The van der Waals surface area contributed by atoms with Crippen molar-refractivity contribution in [3.8, 4) is 11.7 Å². The second-order valence-corrected chi connectivity index (χ2v) is 9.35. The predicted octanol–water partition coefficient (Wildman–Crippen LogP) is 5.27. The molecule has 0 unspecified atom stereocenters. The van der Waals surface area contributed by atoms with E-state index in [4.69, 9.17) is 8.83 Å². The Morgan fingerprint density at radius 2 is 1.81 bits per heavy atom. The van der Waals surface area contributed by atoms with Gasteiger partial charge in [-0.05, 0) is 49.2 Å². The smallest absolute Gasteiger partial charge is 0.266 e. The van der Waals surface area contributed by atoms with Crippen molar-refractivity contribution in [1.82, 2.24) is 4.98 Å². The van der Waals surface area contributed by atoms with Gasteiger partial charge in [-0.3, -0.25) is 0 Å². The third-order valence-electron chi connectivity index (χ3n) is 4.65. The number of hydrogen-bond donors (Lipinski definition) is 1. The molecule has 1 aliphatic carbocycles. The molecule has 0 radical (unpaired) electrons. The van der Waals surface area contributed by atoms with Crippen LogP contribution in [0, 0.1) is 0 Å². The molecule has 6 nitrogen and oxygen atoms in total. The fraction of sp³-hybridized carbons (Fsp3) is 0.316. The summed E-state index contributed by atoms with van der Waals surface area (Å²) in [5.41, 5.74) is 0. The Hall–Kier alpha value is -2.06. The molecule has 0 atom stereocenters. The van der Waals surface area contributed by atoms with E-state index in [1.165, 1.54) is 12.7 Å². The molecular formula is C19H19BrN2O4S. The molecule has 1 aliphatic rings. The number of anilines is 1. The van der Waals surface area contributed by atoms with Crippen molar-refractivity contribution < 1.29 is 17.3 Å². The first-order valence-corrected chi connectivity index (χ1v) is 11.1. The van der Waals surface area contributed by atoms with E-state index in [-0.39, 0.29) is 27.7 Å². The SMILES string of the molecule is O=S(=O)(c1ccc(Br)cc1)c1nc(-c2ccco2)oc1NC1CCCCC1. The van der Waals surface area contributed by atoms with Crippen LogP contribution in [-0.4, -0.2) is 19.4 Å². The fourth-order valence-corrected chi connectivity index (χ4v) is 4.77. The minimum absolute atomic E-state index is 0.109. The van der Waals surface area contributed by atoms with Crippen LogP contribution < -0.4 is 5.32 Å². The summed E-state index contributed by atoms with van der Waals surface area (Å²) in [4.78, 5) is 4.43. The van der Waals surface area contributed by atoms with Gasteiger partial charge in [0.15, 0.2) is 5.76 Å². The summed E-state index contributed by atoms with van der Waals surface area (Å²) in [6, 6.07) is 10.0. The zero-order valence-electron chi connectivity index (χ0n) is 14.5. The standard InChI is InChI=1S/C19H19BrN2O4S/c20-13-8-10-15(11-9-13)27(23,24)19-18(21-14-5-2-1-3-6-14)26-17(22-19)16-7-4-12-25-16/h4,7-12,14,21H,1-3,5-6H2. The number of nitrogens with zero attached hydrogens (tertiary/aromatic N) is 1. The molecule has 0 saturated heterocycles. The van der Waals surface area contributed by atoms with Gasteiger partial charge >= 0.3 is 0 Å². The van der Waals surface area contributed by atoms with Crippen molar-refractivity contribution in [1.29, 1.82) is 0 Å². The van der Waals surface area contributed by atoms with Crippen molar-refractivity contribution in [2.24, 2.45) is 0 Å². The third-order valence-corrected chi connectivity index (χ3v) is 6.85. The molecule has 1 N–H and O–H groups in total. The maximum Gasteiger partial charge on any atom is 0.266 e. The molecule has 1 fully saturated rings. The number of rotatable bonds is 5. The highest BCUT2D eigenvalue weighted by atomic mass is 79.9. The first-order valence-electron chi connectivity index (χ1n) is 8.86. The van der Waals surface area contributed by atoms with E-state index >= 15 is 0 Å². The average Bonchev–Trinajstić information content (AvgIpc) is 3.33. The molecule has 0 bridgehead atoms. The zero-order valence-corrected chi connectivity index (χ0v) is 16.9. The van der Waals surface area contributed by atoms with Crippen LogP contribution in [0.4, 0.5) is 5.88 Å². The number of halogens is 1. The largest absolute Gasteiger partial charge is 0.459 e. The molecule has 0 aliphatic heterocycles. The number of furan rings is 1. The van der Waals surface area contributed by atoms with Gasteiger partial charge in [0.25, 0.3) is 5.89 Å². The molecule has 1 saturated carbocycles. The Kier molecular flexibility index (Phi) is 5.10.